The number of nitrogens with zero attached hydrogens (tertiary/aromatic N) is 3. The molecule has 10 heteroatoms. The lowest BCUT2D eigenvalue weighted by Gasteiger charge is -2.26. The molecule has 3 rings (SSSR count). The number of hydrogen-bond acceptors (Lipinski definition) is 4. The summed E-state index contributed by atoms with van der Waals surface area (Å²) in [6.07, 6.45) is -4.45. The van der Waals surface area contributed by atoms with Crippen molar-refractivity contribution in [2.24, 2.45) is 0 Å². The maximum absolute atomic E-state index is 12.5. The second-order valence-corrected chi connectivity index (χ2v) is 5.43. The van der Waals surface area contributed by atoms with Crippen molar-refractivity contribution >= 4 is 17.2 Å². The van der Waals surface area contributed by atoms with Crippen LogP contribution in [0.5, 0.6) is 0 Å². The first kappa shape index (κ1) is 13.9. The fraction of sp³-hybridized carbons (Fsp3) is 0.364. The minimum atomic E-state index is -4.45. The van der Waals surface area contributed by atoms with Crippen molar-refractivity contribution in [3.63, 3.8) is 0 Å². The molecular weight excluding hydrogens is 309 g/mol. The van der Waals surface area contributed by atoms with E-state index in [1.165, 1.54) is 14.8 Å². The number of rotatable bonds is 1. The van der Waals surface area contributed by atoms with Crippen molar-refractivity contribution in [3.8, 4) is 0 Å². The topological polar surface area (TPSA) is 71.0 Å². The quantitative estimate of drug-likeness (QED) is 0.862. The van der Waals surface area contributed by atoms with Crippen LogP contribution in [0.2, 0.25) is 0 Å². The van der Waals surface area contributed by atoms with Gasteiger partial charge >= 0.3 is 11.9 Å². The second kappa shape index (κ2) is 4.72. The van der Waals surface area contributed by atoms with Gasteiger partial charge in [0, 0.05) is 18.5 Å². The van der Waals surface area contributed by atoms with Crippen LogP contribution in [0.4, 0.5) is 13.2 Å². The number of aromatic amines is 1. The van der Waals surface area contributed by atoms with Crippen LogP contribution in [0.15, 0.2) is 16.2 Å². The number of fused-ring (bicyclic) bond motifs is 1. The maximum atomic E-state index is 12.5. The van der Waals surface area contributed by atoms with Crippen LogP contribution in [-0.2, 0) is 19.3 Å². The highest BCUT2D eigenvalue weighted by Crippen LogP contribution is 2.34. The first-order valence-electron chi connectivity index (χ1n) is 5.95. The van der Waals surface area contributed by atoms with Gasteiger partial charge in [0.2, 0.25) is 0 Å². The molecule has 3 heterocycles. The Labute approximate surface area is 119 Å². The molecule has 1 aliphatic rings. The molecule has 0 saturated heterocycles. The summed E-state index contributed by atoms with van der Waals surface area (Å²) in [5.74, 6) is -0.102. The van der Waals surface area contributed by atoms with Gasteiger partial charge < -0.3 is 4.90 Å². The van der Waals surface area contributed by atoms with Crippen molar-refractivity contribution in [1.29, 1.82) is 0 Å². The number of aromatic nitrogens is 3. The predicted octanol–water partition coefficient (Wildman–Crippen LogP) is 1.31. The Morgan fingerprint density at radius 3 is 2.81 bits per heavy atom. The lowest BCUT2D eigenvalue weighted by molar-refractivity contribution is -0.134. The summed E-state index contributed by atoms with van der Waals surface area (Å²) in [4.78, 5) is 24.1. The fourth-order valence-electron chi connectivity index (χ4n) is 2.13. The van der Waals surface area contributed by atoms with Gasteiger partial charge in [0.25, 0.3) is 5.91 Å². The Hall–Kier alpha value is -2.10. The lowest BCUT2D eigenvalue weighted by atomic mass is 10.2. The minimum absolute atomic E-state index is 0.00124. The standard InChI is InChI=1S/C11H9F3N4O2S/c12-11(13,14)7-3-6(5-21-7)9(19)17-1-2-18-8(4-17)15-16-10(18)20/h3,5H,1-2,4H2,(H,16,20). The van der Waals surface area contributed by atoms with E-state index in [0.717, 1.165) is 6.07 Å². The predicted molar refractivity (Wildman–Crippen MR) is 66.9 cm³/mol. The van der Waals surface area contributed by atoms with Crippen molar-refractivity contribution in [1.82, 2.24) is 19.7 Å². The largest absolute Gasteiger partial charge is 0.425 e. The maximum Gasteiger partial charge on any atom is 0.425 e. The first-order valence-corrected chi connectivity index (χ1v) is 6.83. The third kappa shape index (κ3) is 2.46. The molecule has 1 amide bonds. The second-order valence-electron chi connectivity index (χ2n) is 4.52. The number of nitrogens with one attached hydrogen (secondary N) is 1. The van der Waals surface area contributed by atoms with E-state index in [1.54, 1.807) is 0 Å². The number of carbonyl (C=O) groups is 1. The SMILES string of the molecule is O=C(c1csc(C(F)(F)F)c1)N1CCn2c(n[nH]c2=O)C1. The molecule has 0 bridgehead atoms. The fourth-order valence-corrected chi connectivity index (χ4v) is 2.88. The Kier molecular flexibility index (Phi) is 3.12. The van der Waals surface area contributed by atoms with E-state index in [4.69, 9.17) is 0 Å². The molecule has 0 atom stereocenters. The van der Waals surface area contributed by atoms with Gasteiger partial charge in [-0.25, -0.2) is 9.89 Å². The number of thiophene rings is 1. The molecule has 0 aliphatic carbocycles. The van der Waals surface area contributed by atoms with Crippen LogP contribution < -0.4 is 5.69 Å². The molecular formula is C11H9F3N4O2S. The molecule has 1 N–H and O–H groups in total. The number of hydrogen-bond donors (Lipinski definition) is 1. The van der Waals surface area contributed by atoms with Crippen molar-refractivity contribution in [3.05, 3.63) is 38.2 Å². The van der Waals surface area contributed by atoms with E-state index in [0.29, 0.717) is 17.2 Å². The molecule has 21 heavy (non-hydrogen) atoms. The Morgan fingerprint density at radius 2 is 2.14 bits per heavy atom. The van der Waals surface area contributed by atoms with Crippen molar-refractivity contribution < 1.29 is 18.0 Å². The van der Waals surface area contributed by atoms with Crippen LogP contribution in [-0.4, -0.2) is 32.1 Å². The summed E-state index contributed by atoms with van der Waals surface area (Å²) < 4.78 is 39.0. The molecule has 0 radical (unpaired) electrons. The summed E-state index contributed by atoms with van der Waals surface area (Å²) in [6, 6.07) is 0.846. The van der Waals surface area contributed by atoms with E-state index in [-0.39, 0.29) is 30.9 Å². The van der Waals surface area contributed by atoms with Crippen LogP contribution in [0.25, 0.3) is 0 Å². The lowest BCUT2D eigenvalue weighted by Crippen LogP contribution is -2.40. The first-order chi connectivity index (χ1) is 9.86. The Bertz CT molecular complexity index is 745. The zero-order chi connectivity index (χ0) is 15.2. The number of H-pyrrole nitrogens is 1. The Morgan fingerprint density at radius 1 is 1.38 bits per heavy atom. The molecule has 1 aliphatic heterocycles. The highest BCUT2D eigenvalue weighted by molar-refractivity contribution is 7.10. The van der Waals surface area contributed by atoms with Gasteiger partial charge in [0.05, 0.1) is 12.1 Å². The zero-order valence-electron chi connectivity index (χ0n) is 10.5. The smallest absolute Gasteiger partial charge is 0.329 e. The molecule has 0 fully saturated rings. The zero-order valence-corrected chi connectivity index (χ0v) is 11.3. The molecule has 0 unspecified atom stereocenters. The van der Waals surface area contributed by atoms with Gasteiger partial charge in [0.15, 0.2) is 5.82 Å². The summed E-state index contributed by atoms with van der Waals surface area (Å²) in [5.41, 5.74) is -0.356. The van der Waals surface area contributed by atoms with E-state index in [2.05, 4.69) is 10.2 Å². The van der Waals surface area contributed by atoms with Crippen LogP contribution >= 0.6 is 11.3 Å². The number of alkyl halides is 3. The number of halogens is 3. The molecule has 0 saturated carbocycles. The molecule has 2 aromatic rings. The number of carbonyl (C=O) groups excluding carboxylic acids is 1. The van der Waals surface area contributed by atoms with Crippen LogP contribution in [0.3, 0.4) is 0 Å². The summed E-state index contributed by atoms with van der Waals surface area (Å²) in [5, 5.41) is 7.25. The van der Waals surface area contributed by atoms with E-state index < -0.39 is 17.0 Å². The average molecular weight is 318 g/mol. The van der Waals surface area contributed by atoms with Gasteiger partial charge in [-0.3, -0.25) is 9.36 Å². The van der Waals surface area contributed by atoms with Gasteiger partial charge in [-0.2, -0.15) is 18.3 Å². The van der Waals surface area contributed by atoms with Gasteiger partial charge in [-0.15, -0.1) is 11.3 Å². The monoisotopic (exact) mass is 318 g/mol. The highest BCUT2D eigenvalue weighted by Gasteiger charge is 2.34. The normalized spacial score (nSPS) is 15.1. The number of amides is 1. The summed E-state index contributed by atoms with van der Waals surface area (Å²) >= 11 is 0.489. The van der Waals surface area contributed by atoms with Crippen LogP contribution in [0, 0.1) is 0 Å². The molecule has 112 valence electrons. The van der Waals surface area contributed by atoms with Gasteiger partial charge in [-0.05, 0) is 6.07 Å². The van der Waals surface area contributed by atoms with Gasteiger partial charge in [-0.1, -0.05) is 0 Å². The van der Waals surface area contributed by atoms with Crippen molar-refractivity contribution in [2.45, 2.75) is 19.3 Å². The summed E-state index contributed by atoms with van der Waals surface area (Å²) in [6.45, 7) is 0.615. The Balaban J connectivity index is 1.81. The van der Waals surface area contributed by atoms with Crippen molar-refractivity contribution in [2.75, 3.05) is 6.54 Å². The molecule has 2 aromatic heterocycles. The molecule has 0 aromatic carbocycles. The van der Waals surface area contributed by atoms with E-state index in [1.807, 2.05) is 0 Å². The molecule has 6 nitrogen and oxygen atoms in total. The third-order valence-electron chi connectivity index (χ3n) is 3.18. The van der Waals surface area contributed by atoms with E-state index in [9.17, 15) is 22.8 Å². The van der Waals surface area contributed by atoms with Gasteiger partial charge in [0.1, 0.15) is 4.88 Å². The average Bonchev–Trinajstić information content (AvgIpc) is 3.05. The third-order valence-corrected chi connectivity index (χ3v) is 4.15. The van der Waals surface area contributed by atoms with E-state index >= 15 is 0 Å². The highest BCUT2D eigenvalue weighted by atomic mass is 32.1. The molecule has 0 spiro atoms. The van der Waals surface area contributed by atoms with Crippen LogP contribution in [0.1, 0.15) is 21.1 Å². The minimum Gasteiger partial charge on any atom is -0.329 e. The summed E-state index contributed by atoms with van der Waals surface area (Å²) in [7, 11) is 0.